The molecule has 0 bridgehead atoms. The SMILES string of the molecule is COC(=O)CCCc1cnc(C[C@H]2O[C@H](c3cccc(OC)c3OC)c3cc(Cl)ccc3N(Cc3ccc(OC)cc3OC)C2=O)o1. The minimum atomic E-state index is -1.03. The molecule has 5 rings (SSSR count). The maximum Gasteiger partial charge on any atom is 0.305 e. The summed E-state index contributed by atoms with van der Waals surface area (Å²) in [4.78, 5) is 32.2. The zero-order valence-electron chi connectivity index (χ0n) is 26.9. The van der Waals surface area contributed by atoms with Crippen LogP contribution in [-0.2, 0) is 38.4 Å². The first kappa shape index (κ1) is 33.6. The number of ether oxygens (including phenoxy) is 6. The zero-order chi connectivity index (χ0) is 33.5. The fourth-order valence-electron chi connectivity index (χ4n) is 5.61. The van der Waals surface area contributed by atoms with Crippen LogP contribution in [-0.4, -0.2) is 58.5 Å². The number of benzene rings is 3. The molecule has 0 saturated heterocycles. The number of aryl methyl sites for hydroxylation is 1. The molecule has 3 aromatic carbocycles. The second-order valence-corrected chi connectivity index (χ2v) is 11.2. The number of aromatic nitrogens is 1. The molecule has 47 heavy (non-hydrogen) atoms. The van der Waals surface area contributed by atoms with Crippen LogP contribution in [0.1, 0.15) is 47.3 Å². The lowest BCUT2D eigenvalue weighted by Crippen LogP contribution is -2.40. The molecule has 1 amide bonds. The number of amides is 1. The molecule has 1 aromatic heterocycles. The van der Waals surface area contributed by atoms with Gasteiger partial charge in [0.15, 0.2) is 17.4 Å². The van der Waals surface area contributed by atoms with Gasteiger partial charge in [0.2, 0.25) is 0 Å². The van der Waals surface area contributed by atoms with Gasteiger partial charge in [-0.15, -0.1) is 0 Å². The second kappa shape index (κ2) is 15.2. The number of methoxy groups -OCH3 is 5. The predicted octanol–water partition coefficient (Wildman–Crippen LogP) is 6.12. The summed E-state index contributed by atoms with van der Waals surface area (Å²) in [6.07, 6.45) is 1.09. The van der Waals surface area contributed by atoms with Gasteiger partial charge in [0.05, 0.1) is 60.4 Å². The van der Waals surface area contributed by atoms with Crippen LogP contribution in [0.15, 0.2) is 65.2 Å². The molecule has 248 valence electrons. The summed E-state index contributed by atoms with van der Waals surface area (Å²) in [5.74, 6) is 2.45. The zero-order valence-corrected chi connectivity index (χ0v) is 27.7. The molecule has 0 N–H and O–H groups in total. The second-order valence-electron chi connectivity index (χ2n) is 10.7. The Balaban J connectivity index is 1.58. The molecule has 0 radical (unpaired) electrons. The van der Waals surface area contributed by atoms with Gasteiger partial charge >= 0.3 is 5.97 Å². The van der Waals surface area contributed by atoms with Crippen molar-refractivity contribution in [3.63, 3.8) is 0 Å². The van der Waals surface area contributed by atoms with E-state index in [2.05, 4.69) is 4.98 Å². The molecular weight excluding hydrogens is 628 g/mol. The normalized spacial score (nSPS) is 15.9. The molecular formula is C35H37ClN2O9. The fourth-order valence-corrected chi connectivity index (χ4v) is 5.79. The number of oxazole rings is 1. The number of hydrogen-bond donors (Lipinski definition) is 0. The summed E-state index contributed by atoms with van der Waals surface area (Å²) in [6, 6.07) is 16.3. The van der Waals surface area contributed by atoms with E-state index in [1.165, 1.54) is 7.11 Å². The van der Waals surface area contributed by atoms with Crippen LogP contribution in [0.5, 0.6) is 23.0 Å². The van der Waals surface area contributed by atoms with Crippen molar-refractivity contribution < 1.29 is 42.4 Å². The van der Waals surface area contributed by atoms with E-state index in [4.69, 9.17) is 44.4 Å². The van der Waals surface area contributed by atoms with Gasteiger partial charge in [0, 0.05) is 40.6 Å². The third kappa shape index (κ3) is 7.47. The number of nitrogens with zero attached hydrogens (tertiary/aromatic N) is 2. The molecule has 0 saturated carbocycles. The predicted molar refractivity (Wildman–Crippen MR) is 174 cm³/mol. The molecule has 0 spiro atoms. The average Bonchev–Trinajstić information content (AvgIpc) is 3.51. The van der Waals surface area contributed by atoms with Gasteiger partial charge in [-0.2, -0.15) is 0 Å². The van der Waals surface area contributed by atoms with Crippen LogP contribution in [0.3, 0.4) is 0 Å². The van der Waals surface area contributed by atoms with Gasteiger partial charge in [-0.05, 0) is 42.8 Å². The third-order valence-corrected chi connectivity index (χ3v) is 8.17. The highest BCUT2D eigenvalue weighted by Gasteiger charge is 2.39. The first-order chi connectivity index (χ1) is 22.8. The highest BCUT2D eigenvalue weighted by atomic mass is 35.5. The van der Waals surface area contributed by atoms with E-state index in [1.54, 1.807) is 63.8 Å². The number of para-hydroxylation sites is 1. The van der Waals surface area contributed by atoms with E-state index < -0.39 is 12.2 Å². The van der Waals surface area contributed by atoms with Gasteiger partial charge in [0.25, 0.3) is 5.91 Å². The molecule has 2 atom stereocenters. The molecule has 1 aliphatic heterocycles. The largest absolute Gasteiger partial charge is 0.497 e. The lowest BCUT2D eigenvalue weighted by Gasteiger charge is -2.26. The van der Waals surface area contributed by atoms with Gasteiger partial charge in [-0.3, -0.25) is 9.59 Å². The standard InChI is InChI=1S/C35H37ClN2O9/c1-41-23-14-12-21(29(17-23)43-3)20-38-27-15-13-22(36)16-26(27)33(25-9-7-10-28(42-2)34(25)45-5)47-30(35(38)40)18-31-37-19-24(46-31)8-6-11-32(39)44-4/h7,9-10,12-17,19,30,33H,6,8,11,18,20H2,1-5H3/t30-,33-/m1/s1. The lowest BCUT2D eigenvalue weighted by molar-refractivity contribution is -0.140. The van der Waals surface area contributed by atoms with Gasteiger partial charge in [0.1, 0.15) is 29.5 Å². The molecule has 0 unspecified atom stereocenters. The van der Waals surface area contributed by atoms with Crippen LogP contribution >= 0.6 is 11.6 Å². The number of halogens is 1. The Bertz CT molecular complexity index is 1720. The highest BCUT2D eigenvalue weighted by Crippen LogP contribution is 2.45. The molecule has 0 aliphatic carbocycles. The Morgan fingerprint density at radius 1 is 0.936 bits per heavy atom. The van der Waals surface area contributed by atoms with Gasteiger partial charge in [-0.25, -0.2) is 4.98 Å². The maximum atomic E-state index is 14.6. The first-order valence-corrected chi connectivity index (χ1v) is 15.4. The molecule has 2 heterocycles. The van der Waals surface area contributed by atoms with E-state index >= 15 is 0 Å². The lowest BCUT2D eigenvalue weighted by atomic mass is 9.97. The summed E-state index contributed by atoms with van der Waals surface area (Å²) in [5.41, 5.74) is 2.66. The van der Waals surface area contributed by atoms with Crippen molar-refractivity contribution in [2.75, 3.05) is 40.4 Å². The van der Waals surface area contributed by atoms with E-state index in [0.717, 1.165) is 5.56 Å². The Labute approximate surface area is 278 Å². The van der Waals surface area contributed by atoms with Crippen molar-refractivity contribution >= 4 is 29.2 Å². The van der Waals surface area contributed by atoms with Crippen molar-refractivity contribution in [2.24, 2.45) is 0 Å². The number of carbonyl (C=O) groups excluding carboxylic acids is 2. The minimum Gasteiger partial charge on any atom is -0.497 e. The summed E-state index contributed by atoms with van der Waals surface area (Å²) < 4.78 is 39.9. The fraction of sp³-hybridized carbons (Fsp3) is 0.343. The smallest absolute Gasteiger partial charge is 0.305 e. The summed E-state index contributed by atoms with van der Waals surface area (Å²) in [5, 5.41) is 0.469. The van der Waals surface area contributed by atoms with Crippen molar-refractivity contribution in [1.29, 1.82) is 0 Å². The average molecular weight is 665 g/mol. The van der Waals surface area contributed by atoms with E-state index in [-0.39, 0.29) is 31.3 Å². The molecule has 12 heteroatoms. The topological polar surface area (TPSA) is 119 Å². The monoisotopic (exact) mass is 664 g/mol. The highest BCUT2D eigenvalue weighted by molar-refractivity contribution is 6.30. The van der Waals surface area contributed by atoms with Gasteiger partial charge < -0.3 is 37.7 Å². The van der Waals surface area contributed by atoms with Crippen LogP contribution in [0, 0.1) is 0 Å². The van der Waals surface area contributed by atoms with Crippen LogP contribution in [0.25, 0.3) is 0 Å². The van der Waals surface area contributed by atoms with Crippen molar-refractivity contribution in [2.45, 2.75) is 44.4 Å². The van der Waals surface area contributed by atoms with Crippen molar-refractivity contribution in [1.82, 2.24) is 4.98 Å². The first-order valence-electron chi connectivity index (χ1n) is 15.0. The van der Waals surface area contributed by atoms with Crippen LogP contribution in [0.4, 0.5) is 5.69 Å². The Morgan fingerprint density at radius 3 is 2.47 bits per heavy atom. The van der Waals surface area contributed by atoms with E-state index in [0.29, 0.717) is 69.3 Å². The number of carbonyl (C=O) groups is 2. The number of esters is 1. The minimum absolute atomic E-state index is 0.0383. The molecule has 0 fully saturated rings. The van der Waals surface area contributed by atoms with Crippen molar-refractivity contribution in [3.8, 4) is 23.0 Å². The Hall–Kier alpha value is -4.74. The molecule has 11 nitrogen and oxygen atoms in total. The number of fused-ring (bicyclic) bond motifs is 1. The third-order valence-electron chi connectivity index (χ3n) is 7.94. The van der Waals surface area contributed by atoms with Crippen LogP contribution in [0.2, 0.25) is 5.02 Å². The van der Waals surface area contributed by atoms with Crippen LogP contribution < -0.4 is 23.8 Å². The van der Waals surface area contributed by atoms with Gasteiger partial charge in [-0.1, -0.05) is 23.7 Å². The number of anilines is 1. The Kier molecular flexibility index (Phi) is 10.9. The molecule has 4 aromatic rings. The number of hydrogen-bond acceptors (Lipinski definition) is 10. The Morgan fingerprint density at radius 2 is 1.74 bits per heavy atom. The summed E-state index contributed by atoms with van der Waals surface area (Å²) >= 11 is 6.58. The molecule has 1 aliphatic rings. The van der Waals surface area contributed by atoms with E-state index in [1.807, 2.05) is 30.3 Å². The van der Waals surface area contributed by atoms with E-state index in [9.17, 15) is 9.59 Å². The number of rotatable bonds is 13. The summed E-state index contributed by atoms with van der Waals surface area (Å²) in [7, 11) is 7.61. The quantitative estimate of drug-likeness (QED) is 0.155. The maximum absolute atomic E-state index is 14.6. The van der Waals surface area contributed by atoms with Crippen molar-refractivity contribution in [3.05, 3.63) is 94.2 Å². The summed E-state index contributed by atoms with van der Waals surface area (Å²) in [6.45, 7) is 0.160.